The lowest BCUT2D eigenvalue weighted by Gasteiger charge is -2.17. The van der Waals surface area contributed by atoms with Crippen LogP contribution in [0.25, 0.3) is 0 Å². The number of hydrogen-bond acceptors (Lipinski definition) is 10. The van der Waals surface area contributed by atoms with Crippen molar-refractivity contribution in [1.82, 2.24) is 0 Å². The minimum atomic E-state index is 0.310. The normalized spacial score (nSPS) is 12.0. The molecule has 0 aliphatic heterocycles. The van der Waals surface area contributed by atoms with E-state index >= 15 is 0 Å². The fraction of sp³-hybridized carbons (Fsp3) is 1.00. The van der Waals surface area contributed by atoms with Crippen LogP contribution < -0.4 is 0 Å². The van der Waals surface area contributed by atoms with Crippen LogP contribution in [0.5, 0.6) is 0 Å². The minimum Gasteiger partial charge on any atom is -0.379 e. The van der Waals surface area contributed by atoms with Crippen molar-refractivity contribution in [3.05, 3.63) is 0 Å². The minimum absolute atomic E-state index is 0.310. The summed E-state index contributed by atoms with van der Waals surface area (Å²) in [6, 6.07) is 0. The molecule has 0 amide bonds. The van der Waals surface area contributed by atoms with E-state index < -0.39 is 0 Å². The average Bonchev–Trinajstić information content (AvgIpc) is 2.84. The van der Waals surface area contributed by atoms with E-state index in [-0.39, 0.29) is 0 Å². The van der Waals surface area contributed by atoms with Gasteiger partial charge < -0.3 is 47.4 Å². The molecule has 0 spiro atoms. The first-order valence-corrected chi connectivity index (χ1v) is 13.3. The zero-order chi connectivity index (χ0) is 26.4. The molecule has 0 fully saturated rings. The van der Waals surface area contributed by atoms with Gasteiger partial charge in [0.05, 0.1) is 119 Å². The van der Waals surface area contributed by atoms with Crippen molar-refractivity contribution >= 4 is 0 Å². The lowest BCUT2D eigenvalue weighted by Crippen LogP contribution is -2.15. The van der Waals surface area contributed by atoms with Gasteiger partial charge in [0.15, 0.2) is 0 Å². The Balaban J connectivity index is 3.03. The van der Waals surface area contributed by atoms with Gasteiger partial charge in [0.25, 0.3) is 0 Å². The first kappa shape index (κ1) is 35.6. The van der Waals surface area contributed by atoms with E-state index in [0.717, 1.165) is 13.0 Å². The SMILES string of the molecule is CCOCCOCCOCCOCCOCCOCCOCCOCCOCCOCCC(C)(C)C. The van der Waals surface area contributed by atoms with Crippen molar-refractivity contribution in [1.29, 1.82) is 0 Å². The molecule has 0 aliphatic carbocycles. The van der Waals surface area contributed by atoms with Crippen molar-refractivity contribution in [2.45, 2.75) is 34.1 Å². The molecule has 0 bridgehead atoms. The van der Waals surface area contributed by atoms with E-state index in [1.807, 2.05) is 6.92 Å². The molecule has 0 aromatic rings. The summed E-state index contributed by atoms with van der Waals surface area (Å²) in [5, 5.41) is 0. The molecule has 0 saturated carbocycles. The Hall–Kier alpha value is -0.400. The first-order valence-electron chi connectivity index (χ1n) is 13.3. The average molecular weight is 527 g/mol. The maximum absolute atomic E-state index is 5.55. The molecular formula is C26H54O10. The Morgan fingerprint density at radius 3 is 0.694 bits per heavy atom. The highest BCUT2D eigenvalue weighted by molar-refractivity contribution is 4.59. The van der Waals surface area contributed by atoms with Crippen LogP contribution in [0.4, 0.5) is 0 Å². The molecule has 0 aliphatic rings. The second-order valence-corrected chi connectivity index (χ2v) is 9.02. The highest BCUT2D eigenvalue weighted by Gasteiger charge is 2.08. The second kappa shape index (κ2) is 29.2. The van der Waals surface area contributed by atoms with E-state index in [4.69, 9.17) is 47.4 Å². The third kappa shape index (κ3) is 33.6. The Labute approximate surface area is 219 Å². The molecular weight excluding hydrogens is 472 g/mol. The van der Waals surface area contributed by atoms with Crippen molar-refractivity contribution in [2.75, 3.05) is 132 Å². The molecule has 0 N–H and O–H groups in total. The van der Waals surface area contributed by atoms with Crippen LogP contribution in [0.3, 0.4) is 0 Å². The van der Waals surface area contributed by atoms with Gasteiger partial charge in [-0.05, 0) is 18.8 Å². The van der Waals surface area contributed by atoms with Crippen LogP contribution in [0.15, 0.2) is 0 Å². The number of rotatable bonds is 30. The standard InChI is InChI=1S/C26H54O10/c1-5-27-8-9-29-12-13-31-16-17-33-20-21-35-24-25-36-23-22-34-19-18-32-15-14-30-11-10-28-7-6-26(2,3)4/h5-25H2,1-4H3. The van der Waals surface area contributed by atoms with Gasteiger partial charge in [-0.25, -0.2) is 0 Å². The van der Waals surface area contributed by atoms with Gasteiger partial charge in [0, 0.05) is 13.2 Å². The maximum Gasteiger partial charge on any atom is 0.0701 e. The monoisotopic (exact) mass is 526 g/mol. The molecule has 0 saturated heterocycles. The largest absolute Gasteiger partial charge is 0.379 e. The molecule has 36 heavy (non-hydrogen) atoms. The van der Waals surface area contributed by atoms with Crippen molar-refractivity contribution in [3.63, 3.8) is 0 Å². The summed E-state index contributed by atoms with van der Waals surface area (Å²) in [5.74, 6) is 0. The Morgan fingerprint density at radius 1 is 0.306 bits per heavy atom. The Kier molecular flexibility index (Phi) is 28.8. The molecule has 0 rings (SSSR count). The lowest BCUT2D eigenvalue weighted by atomic mass is 9.93. The summed E-state index contributed by atoms with van der Waals surface area (Å²) in [5.41, 5.74) is 0.310. The first-order chi connectivity index (χ1) is 17.6. The van der Waals surface area contributed by atoms with E-state index in [9.17, 15) is 0 Å². The summed E-state index contributed by atoms with van der Waals surface area (Å²) < 4.78 is 54.2. The summed E-state index contributed by atoms with van der Waals surface area (Å²) in [6.07, 6.45) is 1.05. The fourth-order valence-electron chi connectivity index (χ4n) is 2.50. The van der Waals surface area contributed by atoms with E-state index in [0.29, 0.717) is 131 Å². The second-order valence-electron chi connectivity index (χ2n) is 9.02. The molecule has 0 aromatic carbocycles. The summed E-state index contributed by atoms with van der Waals surface area (Å²) >= 11 is 0. The van der Waals surface area contributed by atoms with Crippen LogP contribution in [0.1, 0.15) is 34.1 Å². The summed E-state index contributed by atoms with van der Waals surface area (Å²) in [6.45, 7) is 20.1. The van der Waals surface area contributed by atoms with Gasteiger partial charge in [-0.3, -0.25) is 0 Å². The Morgan fingerprint density at radius 2 is 0.500 bits per heavy atom. The lowest BCUT2D eigenvalue weighted by molar-refractivity contribution is -0.0265. The molecule has 0 unspecified atom stereocenters. The molecule has 10 heteroatoms. The highest BCUT2D eigenvalue weighted by Crippen LogP contribution is 2.17. The van der Waals surface area contributed by atoms with E-state index in [1.165, 1.54) is 0 Å². The van der Waals surface area contributed by atoms with Crippen LogP contribution in [-0.2, 0) is 47.4 Å². The molecule has 0 radical (unpaired) electrons. The number of ether oxygens (including phenoxy) is 10. The third-order valence-electron chi connectivity index (χ3n) is 4.55. The van der Waals surface area contributed by atoms with Gasteiger partial charge in [-0.1, -0.05) is 20.8 Å². The quantitative estimate of drug-likeness (QED) is 0.130. The number of hydrogen-bond donors (Lipinski definition) is 0. The van der Waals surface area contributed by atoms with Crippen molar-refractivity contribution < 1.29 is 47.4 Å². The summed E-state index contributed by atoms with van der Waals surface area (Å²) in [7, 11) is 0. The Bertz CT molecular complexity index is 407. The van der Waals surface area contributed by atoms with Crippen molar-refractivity contribution in [3.8, 4) is 0 Å². The molecule has 0 heterocycles. The predicted molar refractivity (Wildman–Crippen MR) is 138 cm³/mol. The third-order valence-corrected chi connectivity index (χ3v) is 4.55. The molecule has 0 aromatic heterocycles. The highest BCUT2D eigenvalue weighted by atomic mass is 16.6. The van der Waals surface area contributed by atoms with Crippen LogP contribution in [0.2, 0.25) is 0 Å². The van der Waals surface area contributed by atoms with E-state index in [2.05, 4.69) is 20.8 Å². The van der Waals surface area contributed by atoms with Gasteiger partial charge >= 0.3 is 0 Å². The topological polar surface area (TPSA) is 92.3 Å². The predicted octanol–water partition coefficient (Wildman–Crippen LogP) is 2.61. The molecule has 218 valence electrons. The zero-order valence-electron chi connectivity index (χ0n) is 23.4. The van der Waals surface area contributed by atoms with Gasteiger partial charge in [-0.15, -0.1) is 0 Å². The van der Waals surface area contributed by atoms with Gasteiger partial charge in [0.1, 0.15) is 0 Å². The van der Waals surface area contributed by atoms with E-state index in [1.54, 1.807) is 0 Å². The van der Waals surface area contributed by atoms with Crippen LogP contribution in [0, 0.1) is 5.41 Å². The fourth-order valence-corrected chi connectivity index (χ4v) is 2.50. The maximum atomic E-state index is 5.55. The van der Waals surface area contributed by atoms with Crippen molar-refractivity contribution in [2.24, 2.45) is 5.41 Å². The smallest absolute Gasteiger partial charge is 0.0701 e. The van der Waals surface area contributed by atoms with Gasteiger partial charge in [-0.2, -0.15) is 0 Å². The summed E-state index contributed by atoms with van der Waals surface area (Å²) in [4.78, 5) is 0. The zero-order valence-corrected chi connectivity index (χ0v) is 23.4. The van der Waals surface area contributed by atoms with Crippen LogP contribution >= 0.6 is 0 Å². The van der Waals surface area contributed by atoms with Crippen LogP contribution in [-0.4, -0.2) is 132 Å². The van der Waals surface area contributed by atoms with Gasteiger partial charge in [0.2, 0.25) is 0 Å². The molecule has 10 nitrogen and oxygen atoms in total. The molecule has 0 atom stereocenters.